The Balaban J connectivity index is 1.57. The molecule has 1 aliphatic heterocycles. The average Bonchev–Trinajstić information content (AvgIpc) is 3.25. The molecule has 1 aliphatic carbocycles. The highest BCUT2D eigenvalue weighted by atomic mass is 16.5. The number of ether oxygens (including phenoxy) is 2. The Kier molecular flexibility index (Phi) is 4.50. The molecule has 0 bridgehead atoms. The molecule has 0 saturated carbocycles. The molecule has 0 radical (unpaired) electrons. The number of hydrogen-bond acceptors (Lipinski definition) is 6. The average molecular weight is 402 g/mol. The van der Waals surface area contributed by atoms with Crippen molar-refractivity contribution in [2.75, 3.05) is 19.5 Å². The van der Waals surface area contributed by atoms with Gasteiger partial charge in [0.25, 0.3) is 0 Å². The van der Waals surface area contributed by atoms with Gasteiger partial charge in [-0.1, -0.05) is 36.4 Å². The van der Waals surface area contributed by atoms with Gasteiger partial charge in [-0.15, -0.1) is 0 Å². The number of carbonyl (C=O) groups excluding carboxylic acids is 1. The summed E-state index contributed by atoms with van der Waals surface area (Å²) in [5.41, 5.74) is 3.70. The molecule has 0 saturated heterocycles. The molecular weight excluding hydrogens is 380 g/mol. The van der Waals surface area contributed by atoms with Gasteiger partial charge in [0.15, 0.2) is 5.78 Å². The highest BCUT2D eigenvalue weighted by Gasteiger charge is 2.39. The number of nitrogens with one attached hydrogen (secondary N) is 1. The minimum Gasteiger partial charge on any atom is -0.497 e. The summed E-state index contributed by atoms with van der Waals surface area (Å²) in [6, 6.07) is 15.5. The van der Waals surface area contributed by atoms with Gasteiger partial charge >= 0.3 is 0 Å². The van der Waals surface area contributed by atoms with Gasteiger partial charge in [0.05, 0.1) is 14.2 Å². The van der Waals surface area contributed by atoms with Crippen LogP contribution in [0, 0.1) is 0 Å². The Hall–Kier alpha value is -3.61. The molecule has 2 aliphatic rings. The van der Waals surface area contributed by atoms with Gasteiger partial charge < -0.3 is 14.8 Å². The number of rotatable bonds is 4. The molecule has 1 N–H and O–H groups in total. The molecule has 1 aromatic heterocycles. The number of allylic oxidation sites excluding steroid dienone is 2. The molecule has 5 rings (SSSR count). The Bertz CT molecular complexity index is 1140. The summed E-state index contributed by atoms with van der Waals surface area (Å²) in [6.07, 6.45) is 2.63. The minimum atomic E-state index is -0.272. The Morgan fingerprint density at radius 3 is 2.67 bits per heavy atom. The predicted octanol–water partition coefficient (Wildman–Crippen LogP) is 3.71. The van der Waals surface area contributed by atoms with Crippen LogP contribution in [0.15, 0.2) is 66.1 Å². The van der Waals surface area contributed by atoms with Crippen LogP contribution in [0.25, 0.3) is 0 Å². The van der Waals surface area contributed by atoms with E-state index < -0.39 is 0 Å². The van der Waals surface area contributed by atoms with Gasteiger partial charge in [0.2, 0.25) is 5.95 Å². The van der Waals surface area contributed by atoms with E-state index >= 15 is 0 Å². The Morgan fingerprint density at radius 1 is 1.07 bits per heavy atom. The molecule has 2 aromatic carbocycles. The molecule has 2 heterocycles. The van der Waals surface area contributed by atoms with Gasteiger partial charge in [-0.2, -0.15) is 10.1 Å². The van der Waals surface area contributed by atoms with Crippen molar-refractivity contribution in [2.45, 2.75) is 24.8 Å². The first-order valence-electron chi connectivity index (χ1n) is 9.89. The summed E-state index contributed by atoms with van der Waals surface area (Å²) < 4.78 is 12.7. The fraction of sp³-hybridized carbons (Fsp3) is 0.261. The van der Waals surface area contributed by atoms with Gasteiger partial charge in [0.1, 0.15) is 23.9 Å². The van der Waals surface area contributed by atoms with Crippen molar-refractivity contribution < 1.29 is 14.3 Å². The van der Waals surface area contributed by atoms with Crippen LogP contribution in [0.5, 0.6) is 11.5 Å². The van der Waals surface area contributed by atoms with E-state index in [-0.39, 0.29) is 17.7 Å². The van der Waals surface area contributed by atoms with Crippen LogP contribution in [0.4, 0.5) is 5.95 Å². The molecular formula is C23H22N4O3. The molecule has 2 atom stereocenters. The van der Waals surface area contributed by atoms with Gasteiger partial charge in [-0.05, 0) is 23.6 Å². The third-order valence-corrected chi connectivity index (χ3v) is 5.86. The number of fused-ring (bicyclic) bond motifs is 1. The molecule has 3 aromatic rings. The van der Waals surface area contributed by atoms with Crippen molar-refractivity contribution in [1.29, 1.82) is 0 Å². The van der Waals surface area contributed by atoms with Gasteiger partial charge in [-0.3, -0.25) is 4.79 Å². The lowest BCUT2D eigenvalue weighted by Crippen LogP contribution is -2.33. The third-order valence-electron chi connectivity index (χ3n) is 5.86. The van der Waals surface area contributed by atoms with Crippen LogP contribution in [0.2, 0.25) is 0 Å². The number of Topliss-reactive ketones (excluding diaryl/α,β-unsaturated/α-hetero) is 1. The monoisotopic (exact) mass is 402 g/mol. The molecule has 0 spiro atoms. The van der Waals surface area contributed by atoms with Crippen molar-refractivity contribution >= 4 is 11.7 Å². The van der Waals surface area contributed by atoms with Crippen LogP contribution >= 0.6 is 0 Å². The van der Waals surface area contributed by atoms with Gasteiger partial charge in [-0.25, -0.2) is 4.68 Å². The fourth-order valence-electron chi connectivity index (χ4n) is 4.47. The second-order valence-electron chi connectivity index (χ2n) is 7.49. The SMILES string of the molecule is COc1ccc([C@@H]2CC(=O)C3=C(C2)Nc2ncnn2[C@@H]3c2ccccc2)c(OC)c1. The molecule has 0 unspecified atom stereocenters. The van der Waals surface area contributed by atoms with Crippen LogP contribution in [-0.2, 0) is 4.79 Å². The number of benzene rings is 2. The lowest BCUT2D eigenvalue weighted by molar-refractivity contribution is -0.116. The molecule has 7 nitrogen and oxygen atoms in total. The normalized spacial score (nSPS) is 20.3. The van der Waals surface area contributed by atoms with E-state index in [2.05, 4.69) is 15.4 Å². The summed E-state index contributed by atoms with van der Waals surface area (Å²) in [5, 5.41) is 7.74. The molecule has 152 valence electrons. The largest absolute Gasteiger partial charge is 0.497 e. The number of nitrogens with zero attached hydrogens (tertiary/aromatic N) is 3. The molecule has 0 fully saturated rings. The van der Waals surface area contributed by atoms with Crippen molar-refractivity contribution in [3.05, 3.63) is 77.3 Å². The van der Waals surface area contributed by atoms with E-state index in [0.717, 1.165) is 33.9 Å². The lowest BCUT2D eigenvalue weighted by Gasteiger charge is -2.35. The zero-order valence-corrected chi connectivity index (χ0v) is 16.8. The zero-order chi connectivity index (χ0) is 20.7. The standard InChI is InChI=1S/C23H22N4O3/c1-29-16-8-9-17(20(12-16)30-2)15-10-18-21(19(28)11-15)22(14-6-4-3-5-7-14)27-23(26-18)24-13-25-27/h3-9,12-13,15,22H,10-11H2,1-2H3,(H,24,25,26)/t15-,22+/m0/s1. The van der Waals surface area contributed by atoms with Crippen LogP contribution in [-0.4, -0.2) is 34.8 Å². The van der Waals surface area contributed by atoms with Crippen molar-refractivity contribution in [3.63, 3.8) is 0 Å². The van der Waals surface area contributed by atoms with Crippen molar-refractivity contribution in [1.82, 2.24) is 14.8 Å². The Morgan fingerprint density at radius 2 is 1.90 bits per heavy atom. The summed E-state index contributed by atoms with van der Waals surface area (Å²) in [7, 11) is 3.27. The highest BCUT2D eigenvalue weighted by molar-refractivity contribution is 6.00. The predicted molar refractivity (Wildman–Crippen MR) is 112 cm³/mol. The van der Waals surface area contributed by atoms with Crippen LogP contribution < -0.4 is 14.8 Å². The fourth-order valence-corrected chi connectivity index (χ4v) is 4.47. The first kappa shape index (κ1) is 18.4. The summed E-state index contributed by atoms with van der Waals surface area (Å²) >= 11 is 0. The van der Waals surface area contributed by atoms with E-state index in [9.17, 15) is 4.79 Å². The maximum atomic E-state index is 13.4. The van der Waals surface area contributed by atoms with Crippen molar-refractivity contribution in [3.8, 4) is 11.5 Å². The summed E-state index contributed by atoms with van der Waals surface area (Å²) in [5.74, 6) is 2.23. The third kappa shape index (κ3) is 2.94. The lowest BCUT2D eigenvalue weighted by atomic mass is 9.77. The second-order valence-corrected chi connectivity index (χ2v) is 7.49. The number of methoxy groups -OCH3 is 2. The number of hydrogen-bond donors (Lipinski definition) is 1. The van der Waals surface area contributed by atoms with E-state index in [1.807, 2.05) is 48.5 Å². The summed E-state index contributed by atoms with van der Waals surface area (Å²) in [4.78, 5) is 17.8. The van der Waals surface area contributed by atoms with Crippen LogP contribution in [0.1, 0.15) is 35.9 Å². The number of anilines is 1. The quantitative estimate of drug-likeness (QED) is 0.717. The van der Waals surface area contributed by atoms with E-state index in [0.29, 0.717) is 18.8 Å². The first-order valence-corrected chi connectivity index (χ1v) is 9.89. The number of aromatic nitrogens is 3. The van der Waals surface area contributed by atoms with Gasteiger partial charge in [0, 0.05) is 29.7 Å². The smallest absolute Gasteiger partial charge is 0.226 e. The van der Waals surface area contributed by atoms with Crippen LogP contribution in [0.3, 0.4) is 0 Å². The van der Waals surface area contributed by atoms with E-state index in [1.165, 1.54) is 6.33 Å². The molecule has 30 heavy (non-hydrogen) atoms. The topological polar surface area (TPSA) is 78.3 Å². The van der Waals surface area contributed by atoms with E-state index in [1.54, 1.807) is 18.9 Å². The highest BCUT2D eigenvalue weighted by Crippen LogP contribution is 2.45. The van der Waals surface area contributed by atoms with Crippen molar-refractivity contribution in [2.24, 2.45) is 0 Å². The number of ketones is 1. The molecule has 7 heteroatoms. The first-order chi connectivity index (χ1) is 14.7. The zero-order valence-electron chi connectivity index (χ0n) is 16.8. The summed E-state index contributed by atoms with van der Waals surface area (Å²) in [6.45, 7) is 0. The maximum absolute atomic E-state index is 13.4. The van der Waals surface area contributed by atoms with E-state index in [4.69, 9.17) is 9.47 Å². The maximum Gasteiger partial charge on any atom is 0.226 e. The molecule has 0 amide bonds. The Labute approximate surface area is 174 Å². The number of carbonyl (C=O) groups is 1. The second kappa shape index (κ2) is 7.33. The minimum absolute atomic E-state index is 0.00972.